The molecule has 2 fully saturated rings. The lowest BCUT2D eigenvalue weighted by molar-refractivity contribution is -0.183. The van der Waals surface area contributed by atoms with Gasteiger partial charge >= 0.3 is 0 Å². The van der Waals surface area contributed by atoms with Crippen molar-refractivity contribution in [3.63, 3.8) is 0 Å². The van der Waals surface area contributed by atoms with Gasteiger partial charge in [0.2, 0.25) is 0 Å². The molecule has 5 nitrogen and oxygen atoms in total. The minimum absolute atomic E-state index is 0.231. The van der Waals surface area contributed by atoms with Gasteiger partial charge in [-0.1, -0.05) is 0 Å². The summed E-state index contributed by atoms with van der Waals surface area (Å²) in [4.78, 5) is 17.6. The van der Waals surface area contributed by atoms with Crippen molar-refractivity contribution in [1.82, 2.24) is 9.88 Å². The first-order valence-corrected chi connectivity index (χ1v) is 6.36. The number of halogens is 1. The standard InChI is InChI=1S/C13H15FN2O3/c14-11-6-10(7-15-8-11)12(17)16-3-1-2-13(9-16)18-4-5-19-13/h6-8H,1-5,9H2. The zero-order valence-corrected chi connectivity index (χ0v) is 10.5. The molecule has 6 heteroatoms. The van der Waals surface area contributed by atoms with E-state index < -0.39 is 11.6 Å². The Labute approximate surface area is 110 Å². The van der Waals surface area contributed by atoms with Crippen molar-refractivity contribution in [3.05, 3.63) is 29.8 Å². The smallest absolute Gasteiger partial charge is 0.255 e. The number of carbonyl (C=O) groups excluding carboxylic acids is 1. The molecule has 0 atom stereocenters. The summed E-state index contributed by atoms with van der Waals surface area (Å²) in [6.07, 6.45) is 4.06. The summed E-state index contributed by atoms with van der Waals surface area (Å²) in [5, 5.41) is 0. The molecule has 0 unspecified atom stereocenters. The first-order chi connectivity index (χ1) is 9.19. The number of hydrogen-bond donors (Lipinski definition) is 0. The van der Waals surface area contributed by atoms with Crippen molar-refractivity contribution in [2.24, 2.45) is 0 Å². The molecule has 1 aromatic heterocycles. The maximum Gasteiger partial charge on any atom is 0.255 e. The first-order valence-electron chi connectivity index (χ1n) is 6.36. The molecule has 102 valence electrons. The number of amides is 1. The van der Waals surface area contributed by atoms with Crippen molar-refractivity contribution in [2.75, 3.05) is 26.3 Å². The molecule has 19 heavy (non-hydrogen) atoms. The van der Waals surface area contributed by atoms with Crippen LogP contribution in [0, 0.1) is 5.82 Å². The van der Waals surface area contributed by atoms with E-state index in [2.05, 4.69) is 4.98 Å². The molecule has 1 amide bonds. The molecule has 2 aliphatic heterocycles. The summed E-state index contributed by atoms with van der Waals surface area (Å²) in [6.45, 7) is 2.14. The van der Waals surface area contributed by atoms with E-state index in [0.717, 1.165) is 19.0 Å². The second kappa shape index (κ2) is 4.86. The fourth-order valence-corrected chi connectivity index (χ4v) is 2.61. The second-order valence-electron chi connectivity index (χ2n) is 4.83. The summed E-state index contributed by atoms with van der Waals surface area (Å²) < 4.78 is 24.3. The molecule has 3 heterocycles. The number of ether oxygens (including phenoxy) is 2. The van der Waals surface area contributed by atoms with E-state index in [-0.39, 0.29) is 11.5 Å². The van der Waals surface area contributed by atoms with Crippen LogP contribution >= 0.6 is 0 Å². The van der Waals surface area contributed by atoms with E-state index in [4.69, 9.17) is 9.47 Å². The van der Waals surface area contributed by atoms with Crippen LogP contribution in [0.4, 0.5) is 4.39 Å². The van der Waals surface area contributed by atoms with Gasteiger partial charge in [-0.3, -0.25) is 9.78 Å². The third kappa shape index (κ3) is 2.46. The van der Waals surface area contributed by atoms with Crippen molar-refractivity contribution < 1.29 is 18.7 Å². The Morgan fingerprint density at radius 1 is 1.37 bits per heavy atom. The number of aromatic nitrogens is 1. The van der Waals surface area contributed by atoms with Gasteiger partial charge in [-0.2, -0.15) is 0 Å². The van der Waals surface area contributed by atoms with Crippen LogP contribution in [0.1, 0.15) is 23.2 Å². The fraction of sp³-hybridized carbons (Fsp3) is 0.538. The van der Waals surface area contributed by atoms with Crippen LogP contribution in [-0.2, 0) is 9.47 Å². The van der Waals surface area contributed by atoms with E-state index in [1.165, 1.54) is 12.3 Å². The molecular formula is C13H15FN2O3. The summed E-state index contributed by atoms with van der Waals surface area (Å²) in [7, 11) is 0. The molecule has 0 radical (unpaired) electrons. The molecule has 1 aromatic rings. The highest BCUT2D eigenvalue weighted by molar-refractivity contribution is 5.94. The maximum atomic E-state index is 13.1. The lowest BCUT2D eigenvalue weighted by Gasteiger charge is -2.38. The van der Waals surface area contributed by atoms with E-state index in [9.17, 15) is 9.18 Å². The predicted molar refractivity (Wildman–Crippen MR) is 64.0 cm³/mol. The number of hydrogen-bond acceptors (Lipinski definition) is 4. The van der Waals surface area contributed by atoms with Crippen LogP contribution in [0.15, 0.2) is 18.5 Å². The van der Waals surface area contributed by atoms with Crippen LogP contribution in [-0.4, -0.2) is 47.9 Å². The van der Waals surface area contributed by atoms with Gasteiger partial charge in [0, 0.05) is 19.2 Å². The second-order valence-corrected chi connectivity index (χ2v) is 4.83. The quantitative estimate of drug-likeness (QED) is 0.766. The molecule has 1 spiro atoms. The minimum Gasteiger partial charge on any atom is -0.346 e. The summed E-state index contributed by atoms with van der Waals surface area (Å²) in [6, 6.07) is 1.20. The van der Waals surface area contributed by atoms with Crippen LogP contribution < -0.4 is 0 Å². The molecule has 0 aliphatic carbocycles. The predicted octanol–water partition coefficient (Wildman–Crippen LogP) is 1.20. The van der Waals surface area contributed by atoms with E-state index in [1.807, 2.05) is 0 Å². The Hall–Kier alpha value is -1.53. The van der Waals surface area contributed by atoms with Gasteiger partial charge in [-0.25, -0.2) is 4.39 Å². The van der Waals surface area contributed by atoms with Crippen LogP contribution in [0.25, 0.3) is 0 Å². The van der Waals surface area contributed by atoms with Crippen molar-refractivity contribution in [3.8, 4) is 0 Å². The lowest BCUT2D eigenvalue weighted by Crippen LogP contribution is -2.51. The topological polar surface area (TPSA) is 51.7 Å². The number of nitrogens with zero attached hydrogens (tertiary/aromatic N) is 2. The van der Waals surface area contributed by atoms with Gasteiger partial charge in [0.05, 0.1) is 31.5 Å². The average molecular weight is 266 g/mol. The highest BCUT2D eigenvalue weighted by Gasteiger charge is 2.42. The lowest BCUT2D eigenvalue weighted by atomic mass is 10.0. The van der Waals surface area contributed by atoms with E-state index in [0.29, 0.717) is 26.3 Å². The Morgan fingerprint density at radius 3 is 2.89 bits per heavy atom. The van der Waals surface area contributed by atoms with Crippen molar-refractivity contribution >= 4 is 5.91 Å². The minimum atomic E-state index is -0.658. The third-order valence-corrected chi connectivity index (χ3v) is 3.47. The van der Waals surface area contributed by atoms with E-state index in [1.54, 1.807) is 4.90 Å². The Bertz CT molecular complexity index is 489. The number of likely N-dealkylation sites (tertiary alicyclic amines) is 1. The SMILES string of the molecule is O=C(c1cncc(F)c1)N1CCCC2(C1)OCCO2. The zero-order chi connectivity index (χ0) is 13.3. The Balaban J connectivity index is 1.76. The van der Waals surface area contributed by atoms with Crippen LogP contribution in [0.5, 0.6) is 0 Å². The van der Waals surface area contributed by atoms with Crippen LogP contribution in [0.2, 0.25) is 0 Å². The van der Waals surface area contributed by atoms with Crippen molar-refractivity contribution in [1.29, 1.82) is 0 Å². The van der Waals surface area contributed by atoms with Crippen molar-refractivity contribution in [2.45, 2.75) is 18.6 Å². The summed E-state index contributed by atoms with van der Waals surface area (Å²) in [5.74, 6) is -1.40. The highest BCUT2D eigenvalue weighted by Crippen LogP contribution is 2.30. The molecule has 0 bridgehead atoms. The normalized spacial score (nSPS) is 21.8. The maximum absolute atomic E-state index is 13.1. The number of rotatable bonds is 1. The zero-order valence-electron chi connectivity index (χ0n) is 10.5. The number of pyridine rings is 1. The highest BCUT2D eigenvalue weighted by atomic mass is 19.1. The molecule has 3 rings (SSSR count). The van der Waals surface area contributed by atoms with Gasteiger partial charge in [0.15, 0.2) is 5.79 Å². The van der Waals surface area contributed by atoms with E-state index >= 15 is 0 Å². The molecular weight excluding hydrogens is 251 g/mol. The third-order valence-electron chi connectivity index (χ3n) is 3.47. The monoisotopic (exact) mass is 266 g/mol. The number of carbonyl (C=O) groups is 1. The molecule has 2 saturated heterocycles. The summed E-state index contributed by atoms with van der Waals surface area (Å²) >= 11 is 0. The van der Waals surface area contributed by atoms with Gasteiger partial charge < -0.3 is 14.4 Å². The largest absolute Gasteiger partial charge is 0.346 e. The molecule has 2 aliphatic rings. The van der Waals surface area contributed by atoms with Gasteiger partial charge in [-0.15, -0.1) is 0 Å². The summed E-state index contributed by atoms with van der Waals surface area (Å²) in [5.41, 5.74) is 0.259. The molecule has 0 N–H and O–H groups in total. The Morgan fingerprint density at radius 2 is 2.16 bits per heavy atom. The first kappa shape index (κ1) is 12.5. The van der Waals surface area contributed by atoms with Gasteiger partial charge in [-0.05, 0) is 12.5 Å². The average Bonchev–Trinajstić information content (AvgIpc) is 2.86. The molecule has 0 aromatic carbocycles. The molecule has 0 saturated carbocycles. The van der Waals surface area contributed by atoms with Gasteiger partial charge in [0.1, 0.15) is 5.82 Å². The van der Waals surface area contributed by atoms with Gasteiger partial charge in [0.25, 0.3) is 5.91 Å². The number of piperidine rings is 1. The van der Waals surface area contributed by atoms with Crippen LogP contribution in [0.3, 0.4) is 0 Å². The fourth-order valence-electron chi connectivity index (χ4n) is 2.61. The Kier molecular flexibility index (Phi) is 3.20.